The minimum atomic E-state index is -0.743. The number of aromatic nitrogens is 3. The molecule has 7 nitrogen and oxygen atoms in total. The van der Waals surface area contributed by atoms with Gasteiger partial charge in [0, 0.05) is 36.5 Å². The zero-order valence-corrected chi connectivity index (χ0v) is 21.6. The number of hydrogen-bond donors (Lipinski definition) is 2. The van der Waals surface area contributed by atoms with Gasteiger partial charge in [0.25, 0.3) is 0 Å². The molecular formula is C28H27Cl2N5O2. The molecule has 0 aliphatic heterocycles. The van der Waals surface area contributed by atoms with Crippen molar-refractivity contribution in [3.8, 4) is 16.9 Å². The number of primary amides is 1. The first kappa shape index (κ1) is 26.4. The Morgan fingerprint density at radius 3 is 2.49 bits per heavy atom. The van der Waals surface area contributed by atoms with Crippen LogP contribution in [0.2, 0.25) is 10.0 Å². The fourth-order valence-corrected chi connectivity index (χ4v) is 4.32. The number of carbonyl (C=O) groups is 2. The highest BCUT2D eigenvalue weighted by atomic mass is 35.5. The van der Waals surface area contributed by atoms with Crippen LogP contribution in [-0.2, 0) is 22.4 Å². The van der Waals surface area contributed by atoms with Crippen LogP contribution in [0.4, 0.5) is 0 Å². The van der Waals surface area contributed by atoms with Crippen molar-refractivity contribution in [2.75, 3.05) is 0 Å². The predicted octanol–water partition coefficient (Wildman–Crippen LogP) is 5.17. The van der Waals surface area contributed by atoms with Crippen molar-refractivity contribution in [3.63, 3.8) is 0 Å². The lowest BCUT2D eigenvalue weighted by atomic mass is 10.0. The fraction of sp³-hybridized carbons (Fsp3) is 0.214. The molecule has 3 N–H and O–H groups in total. The zero-order chi connectivity index (χ0) is 26.2. The minimum Gasteiger partial charge on any atom is -0.368 e. The van der Waals surface area contributed by atoms with Gasteiger partial charge in [-0.3, -0.25) is 14.6 Å². The maximum atomic E-state index is 12.5. The molecule has 0 saturated carbocycles. The second-order valence-corrected chi connectivity index (χ2v) is 9.51. The number of carbonyl (C=O) groups excluding carboxylic acids is 2. The molecule has 4 rings (SSSR count). The van der Waals surface area contributed by atoms with E-state index in [1.54, 1.807) is 24.5 Å². The van der Waals surface area contributed by atoms with Gasteiger partial charge in [-0.25, -0.2) is 4.68 Å². The Hall–Kier alpha value is -3.68. The van der Waals surface area contributed by atoms with Crippen LogP contribution in [0.3, 0.4) is 0 Å². The summed E-state index contributed by atoms with van der Waals surface area (Å²) in [7, 11) is 0. The first-order valence-electron chi connectivity index (χ1n) is 12.0. The predicted molar refractivity (Wildman–Crippen MR) is 146 cm³/mol. The molecule has 1 unspecified atom stereocenters. The Bertz CT molecular complexity index is 1360. The smallest absolute Gasteiger partial charge is 0.240 e. The van der Waals surface area contributed by atoms with Gasteiger partial charge < -0.3 is 11.1 Å². The Morgan fingerprint density at radius 2 is 1.78 bits per heavy atom. The molecule has 37 heavy (non-hydrogen) atoms. The summed E-state index contributed by atoms with van der Waals surface area (Å²) >= 11 is 12.4. The SMILES string of the molecule is NC(=O)C(Cc1ccccc1)NC(=O)CCCCc1cc(-c2cccnc2)nn1-c1ccc(Cl)c(Cl)c1. The summed E-state index contributed by atoms with van der Waals surface area (Å²) in [5.41, 5.74) is 9.91. The van der Waals surface area contributed by atoms with E-state index < -0.39 is 11.9 Å². The summed E-state index contributed by atoms with van der Waals surface area (Å²) in [6.07, 6.45) is 6.19. The molecule has 190 valence electrons. The molecule has 1 atom stereocenters. The van der Waals surface area contributed by atoms with Crippen LogP contribution in [0.5, 0.6) is 0 Å². The molecule has 0 aliphatic carbocycles. The van der Waals surface area contributed by atoms with Crippen molar-refractivity contribution in [1.82, 2.24) is 20.1 Å². The quantitative estimate of drug-likeness (QED) is 0.258. The third kappa shape index (κ3) is 7.18. The van der Waals surface area contributed by atoms with E-state index >= 15 is 0 Å². The summed E-state index contributed by atoms with van der Waals surface area (Å²) in [6.45, 7) is 0. The van der Waals surface area contributed by atoms with E-state index in [0.29, 0.717) is 29.3 Å². The number of aryl methyl sites for hydroxylation is 1. The lowest BCUT2D eigenvalue weighted by Crippen LogP contribution is -2.45. The molecule has 2 heterocycles. The molecule has 2 aromatic heterocycles. The van der Waals surface area contributed by atoms with Gasteiger partial charge in [-0.1, -0.05) is 53.5 Å². The van der Waals surface area contributed by atoms with Crippen molar-refractivity contribution in [3.05, 3.63) is 100 Å². The second-order valence-electron chi connectivity index (χ2n) is 8.69. The standard InChI is InChI=1S/C28H27Cl2N5O2/c29-23-13-12-22(16-24(23)30)35-21(17-25(34-35)20-9-6-14-32-18-20)10-4-5-11-27(36)33-26(28(31)37)15-19-7-2-1-3-8-19/h1-3,6-9,12-14,16-18,26H,4-5,10-11,15H2,(H2,31,37)(H,33,36). The van der Waals surface area contributed by atoms with Gasteiger partial charge in [0.15, 0.2) is 0 Å². The van der Waals surface area contributed by atoms with Gasteiger partial charge in [-0.15, -0.1) is 0 Å². The van der Waals surface area contributed by atoms with Gasteiger partial charge in [0.2, 0.25) is 11.8 Å². The average Bonchev–Trinajstić information content (AvgIpc) is 3.33. The summed E-state index contributed by atoms with van der Waals surface area (Å²) < 4.78 is 1.84. The van der Waals surface area contributed by atoms with Crippen LogP contribution in [0.1, 0.15) is 30.5 Å². The number of pyridine rings is 1. The van der Waals surface area contributed by atoms with E-state index in [2.05, 4.69) is 10.3 Å². The molecule has 0 saturated heterocycles. The van der Waals surface area contributed by atoms with Crippen LogP contribution >= 0.6 is 23.2 Å². The topological polar surface area (TPSA) is 103 Å². The van der Waals surface area contributed by atoms with Crippen LogP contribution in [-0.4, -0.2) is 32.6 Å². The molecule has 9 heteroatoms. The van der Waals surface area contributed by atoms with Crippen LogP contribution in [0.25, 0.3) is 16.9 Å². The van der Waals surface area contributed by atoms with Crippen LogP contribution in [0.15, 0.2) is 79.1 Å². The molecule has 2 amide bonds. The number of hydrogen-bond acceptors (Lipinski definition) is 4. The Balaban J connectivity index is 1.40. The number of benzene rings is 2. The van der Waals surface area contributed by atoms with Gasteiger partial charge in [-0.2, -0.15) is 5.10 Å². The third-order valence-corrected chi connectivity index (χ3v) is 6.68. The highest BCUT2D eigenvalue weighted by Crippen LogP contribution is 2.27. The number of nitrogens with two attached hydrogens (primary N) is 1. The number of unbranched alkanes of at least 4 members (excludes halogenated alkanes) is 1. The second kappa shape index (κ2) is 12.5. The van der Waals surface area contributed by atoms with E-state index in [9.17, 15) is 9.59 Å². The van der Waals surface area contributed by atoms with Crippen molar-refractivity contribution in [2.45, 2.75) is 38.1 Å². The van der Waals surface area contributed by atoms with Crippen LogP contribution in [0, 0.1) is 0 Å². The highest BCUT2D eigenvalue weighted by Gasteiger charge is 2.18. The normalized spacial score (nSPS) is 11.7. The third-order valence-electron chi connectivity index (χ3n) is 5.94. The van der Waals surface area contributed by atoms with E-state index in [0.717, 1.165) is 34.6 Å². The van der Waals surface area contributed by atoms with Gasteiger partial charge in [-0.05, 0) is 61.2 Å². The van der Waals surface area contributed by atoms with Gasteiger partial charge in [0.1, 0.15) is 6.04 Å². The zero-order valence-electron chi connectivity index (χ0n) is 20.1. The Morgan fingerprint density at radius 1 is 0.973 bits per heavy atom. The molecule has 0 bridgehead atoms. The number of nitrogens with one attached hydrogen (secondary N) is 1. The lowest BCUT2D eigenvalue weighted by molar-refractivity contribution is -0.127. The summed E-state index contributed by atoms with van der Waals surface area (Å²) in [4.78, 5) is 28.6. The average molecular weight is 536 g/mol. The highest BCUT2D eigenvalue weighted by molar-refractivity contribution is 6.42. The largest absolute Gasteiger partial charge is 0.368 e. The van der Waals surface area contributed by atoms with Crippen molar-refractivity contribution in [2.24, 2.45) is 5.73 Å². The van der Waals surface area contributed by atoms with Crippen LogP contribution < -0.4 is 11.1 Å². The summed E-state index contributed by atoms with van der Waals surface area (Å²) in [6, 6.07) is 19.9. The van der Waals surface area contributed by atoms with E-state index in [1.165, 1.54) is 0 Å². The molecule has 2 aromatic carbocycles. The molecule has 0 radical (unpaired) electrons. The number of amides is 2. The lowest BCUT2D eigenvalue weighted by Gasteiger charge is -2.15. The first-order chi connectivity index (χ1) is 17.9. The van der Waals surface area contributed by atoms with Crippen molar-refractivity contribution in [1.29, 1.82) is 0 Å². The van der Waals surface area contributed by atoms with E-state index in [1.807, 2.05) is 59.3 Å². The molecule has 4 aromatic rings. The maximum Gasteiger partial charge on any atom is 0.240 e. The fourth-order valence-electron chi connectivity index (χ4n) is 4.02. The number of rotatable bonds is 11. The number of halogens is 2. The summed E-state index contributed by atoms with van der Waals surface area (Å²) in [5.74, 6) is -0.751. The Kier molecular flexibility index (Phi) is 8.93. The van der Waals surface area contributed by atoms with Gasteiger partial charge in [0.05, 0.1) is 21.4 Å². The molecule has 0 fully saturated rings. The molecular weight excluding hydrogens is 509 g/mol. The number of nitrogens with zero attached hydrogens (tertiary/aromatic N) is 3. The molecule has 0 aliphatic rings. The minimum absolute atomic E-state index is 0.200. The molecule has 0 spiro atoms. The van der Waals surface area contributed by atoms with Gasteiger partial charge >= 0.3 is 0 Å². The monoisotopic (exact) mass is 535 g/mol. The van der Waals surface area contributed by atoms with E-state index in [-0.39, 0.29) is 12.3 Å². The Labute approximate surface area is 225 Å². The summed E-state index contributed by atoms with van der Waals surface area (Å²) in [5, 5.41) is 8.47. The van der Waals surface area contributed by atoms with Crippen molar-refractivity contribution < 1.29 is 9.59 Å². The van der Waals surface area contributed by atoms with E-state index in [4.69, 9.17) is 34.0 Å². The maximum absolute atomic E-state index is 12.5. The first-order valence-corrected chi connectivity index (χ1v) is 12.7. The van der Waals surface area contributed by atoms with Crippen molar-refractivity contribution >= 4 is 35.0 Å².